The molecule has 0 heterocycles. The molecule has 2 N–H and O–H groups in total. The fourth-order valence-electron chi connectivity index (χ4n) is 2.29. The number of methoxy groups -OCH3 is 1. The summed E-state index contributed by atoms with van der Waals surface area (Å²) in [6.07, 6.45) is -0.238. The Kier molecular flexibility index (Phi) is 7.49. The number of ether oxygens (including phenoxy) is 2. The van der Waals surface area contributed by atoms with Crippen LogP contribution in [0.1, 0.15) is 6.42 Å². The van der Waals surface area contributed by atoms with Crippen LogP contribution in [0.2, 0.25) is 0 Å². The van der Waals surface area contributed by atoms with Crippen molar-refractivity contribution in [3.63, 3.8) is 0 Å². The monoisotopic (exact) mass is 371 g/mol. The Hall–Kier alpha value is -3.22. The molecule has 0 aromatic heterocycles. The van der Waals surface area contributed by atoms with Crippen molar-refractivity contribution >= 4 is 23.2 Å². The van der Waals surface area contributed by atoms with Crippen LogP contribution in [0.25, 0.3) is 0 Å². The molecule has 0 fully saturated rings. The number of benzene rings is 2. The molecule has 0 unspecified atom stereocenters. The lowest BCUT2D eigenvalue weighted by molar-refractivity contribution is -0.126. The van der Waals surface area contributed by atoms with Gasteiger partial charge < -0.3 is 25.0 Å². The molecule has 2 rings (SSSR count). The number of rotatable bonds is 9. The number of amides is 2. The van der Waals surface area contributed by atoms with E-state index in [9.17, 15) is 9.59 Å². The molecule has 2 aromatic carbocycles. The van der Waals surface area contributed by atoms with Gasteiger partial charge in [-0.1, -0.05) is 0 Å². The first-order valence-electron chi connectivity index (χ1n) is 8.58. The summed E-state index contributed by atoms with van der Waals surface area (Å²) in [7, 11) is 5.48. The molecule has 0 saturated carbocycles. The second-order valence-electron chi connectivity index (χ2n) is 6.04. The van der Waals surface area contributed by atoms with Crippen LogP contribution >= 0.6 is 0 Å². The highest BCUT2D eigenvalue weighted by Gasteiger charge is 2.09. The number of nitrogens with one attached hydrogen (secondary N) is 2. The SMILES string of the molecule is COc1ccc(OCCNC(=O)CC(=O)Nc2ccc(N(C)C)cc2)cc1. The van der Waals surface area contributed by atoms with Gasteiger partial charge in [-0.2, -0.15) is 0 Å². The van der Waals surface area contributed by atoms with Gasteiger partial charge in [-0.15, -0.1) is 0 Å². The molecule has 0 saturated heterocycles. The van der Waals surface area contributed by atoms with Crippen molar-refractivity contribution in [3.8, 4) is 11.5 Å². The minimum atomic E-state index is -0.360. The smallest absolute Gasteiger partial charge is 0.233 e. The zero-order chi connectivity index (χ0) is 19.6. The van der Waals surface area contributed by atoms with E-state index in [2.05, 4.69) is 10.6 Å². The summed E-state index contributed by atoms with van der Waals surface area (Å²) in [5.41, 5.74) is 1.68. The van der Waals surface area contributed by atoms with Crippen molar-refractivity contribution in [1.29, 1.82) is 0 Å². The molecule has 0 radical (unpaired) electrons. The third kappa shape index (κ3) is 6.89. The summed E-state index contributed by atoms with van der Waals surface area (Å²) in [5, 5.41) is 5.36. The van der Waals surface area contributed by atoms with Crippen molar-refractivity contribution < 1.29 is 19.1 Å². The lowest BCUT2D eigenvalue weighted by Crippen LogP contribution is -2.31. The van der Waals surface area contributed by atoms with Crippen molar-refractivity contribution in [3.05, 3.63) is 48.5 Å². The first-order chi connectivity index (χ1) is 13.0. The van der Waals surface area contributed by atoms with E-state index < -0.39 is 0 Å². The van der Waals surface area contributed by atoms with Crippen LogP contribution in [0, 0.1) is 0 Å². The van der Waals surface area contributed by atoms with Crippen molar-refractivity contribution in [2.75, 3.05) is 44.6 Å². The second-order valence-corrected chi connectivity index (χ2v) is 6.04. The Balaban J connectivity index is 1.66. The lowest BCUT2D eigenvalue weighted by Gasteiger charge is -2.13. The van der Waals surface area contributed by atoms with Crippen LogP contribution in [-0.4, -0.2) is 46.2 Å². The summed E-state index contributed by atoms with van der Waals surface area (Å²) in [5.74, 6) is 0.721. The summed E-state index contributed by atoms with van der Waals surface area (Å²) >= 11 is 0. The van der Waals surface area contributed by atoms with E-state index >= 15 is 0 Å². The number of anilines is 2. The predicted octanol–water partition coefficient (Wildman–Crippen LogP) is 2.29. The van der Waals surface area contributed by atoms with Crippen LogP contribution in [0.15, 0.2) is 48.5 Å². The second kappa shape index (κ2) is 10.1. The minimum absolute atomic E-state index is 0.238. The summed E-state index contributed by atoms with van der Waals surface area (Å²) in [6, 6.07) is 14.6. The Morgan fingerprint density at radius 3 is 2.15 bits per heavy atom. The van der Waals surface area contributed by atoms with E-state index in [4.69, 9.17) is 9.47 Å². The molecule has 0 aliphatic carbocycles. The molecule has 0 aliphatic rings. The standard InChI is InChI=1S/C20H25N3O4/c1-23(2)16-6-4-15(5-7-16)22-20(25)14-19(24)21-12-13-27-18-10-8-17(26-3)9-11-18/h4-11H,12-14H2,1-3H3,(H,21,24)(H,22,25). The molecule has 2 aromatic rings. The zero-order valence-electron chi connectivity index (χ0n) is 15.8. The average molecular weight is 371 g/mol. The van der Waals surface area contributed by atoms with Crippen LogP contribution in [0.5, 0.6) is 11.5 Å². The molecule has 144 valence electrons. The fourth-order valence-corrected chi connectivity index (χ4v) is 2.29. The molecule has 2 amide bonds. The normalized spacial score (nSPS) is 10.0. The van der Waals surface area contributed by atoms with Crippen molar-refractivity contribution in [2.45, 2.75) is 6.42 Å². The molecule has 27 heavy (non-hydrogen) atoms. The van der Waals surface area contributed by atoms with Gasteiger partial charge in [-0.3, -0.25) is 9.59 Å². The maximum atomic E-state index is 11.9. The lowest BCUT2D eigenvalue weighted by atomic mass is 10.2. The molecule has 0 spiro atoms. The average Bonchev–Trinajstić information content (AvgIpc) is 2.66. The quantitative estimate of drug-likeness (QED) is 0.522. The third-order valence-corrected chi connectivity index (χ3v) is 3.74. The molecule has 0 aliphatic heterocycles. The number of hydrogen-bond acceptors (Lipinski definition) is 5. The Bertz CT molecular complexity index is 743. The Morgan fingerprint density at radius 2 is 1.56 bits per heavy atom. The minimum Gasteiger partial charge on any atom is -0.497 e. The van der Waals surface area contributed by atoms with Gasteiger partial charge in [0.2, 0.25) is 11.8 Å². The van der Waals surface area contributed by atoms with E-state index in [1.54, 1.807) is 43.5 Å². The largest absolute Gasteiger partial charge is 0.497 e. The van der Waals surface area contributed by atoms with Gasteiger partial charge in [0.25, 0.3) is 0 Å². The number of carbonyl (C=O) groups excluding carboxylic acids is 2. The van der Waals surface area contributed by atoms with Gasteiger partial charge >= 0.3 is 0 Å². The highest BCUT2D eigenvalue weighted by atomic mass is 16.5. The third-order valence-electron chi connectivity index (χ3n) is 3.74. The van der Waals surface area contributed by atoms with Crippen molar-refractivity contribution in [1.82, 2.24) is 5.32 Å². The maximum Gasteiger partial charge on any atom is 0.233 e. The summed E-state index contributed by atoms with van der Waals surface area (Å²) in [6.45, 7) is 0.626. The van der Waals surface area contributed by atoms with Gasteiger partial charge in [-0.05, 0) is 48.5 Å². The molecular formula is C20H25N3O4. The van der Waals surface area contributed by atoms with Gasteiger partial charge in [-0.25, -0.2) is 0 Å². The van der Waals surface area contributed by atoms with Gasteiger partial charge in [0.05, 0.1) is 13.7 Å². The van der Waals surface area contributed by atoms with E-state index in [-0.39, 0.29) is 18.2 Å². The predicted molar refractivity (Wildman–Crippen MR) is 106 cm³/mol. The first kappa shape index (κ1) is 20.1. The number of nitrogens with zero attached hydrogens (tertiary/aromatic N) is 1. The molecule has 7 nitrogen and oxygen atoms in total. The number of carbonyl (C=O) groups is 2. The first-order valence-corrected chi connectivity index (χ1v) is 8.58. The molecular weight excluding hydrogens is 346 g/mol. The Morgan fingerprint density at radius 1 is 0.926 bits per heavy atom. The van der Waals surface area contributed by atoms with E-state index in [1.165, 1.54) is 0 Å². The van der Waals surface area contributed by atoms with E-state index in [0.29, 0.717) is 24.6 Å². The van der Waals surface area contributed by atoms with Gasteiger partial charge in [0.1, 0.15) is 24.5 Å². The van der Waals surface area contributed by atoms with Crippen LogP contribution < -0.4 is 25.0 Å². The topological polar surface area (TPSA) is 79.9 Å². The highest BCUT2D eigenvalue weighted by Crippen LogP contribution is 2.17. The van der Waals surface area contributed by atoms with Gasteiger partial charge in [0.15, 0.2) is 0 Å². The van der Waals surface area contributed by atoms with Crippen molar-refractivity contribution in [2.24, 2.45) is 0 Å². The maximum absolute atomic E-state index is 11.9. The summed E-state index contributed by atoms with van der Waals surface area (Å²) in [4.78, 5) is 25.7. The molecule has 0 bridgehead atoms. The van der Waals surface area contributed by atoms with Gasteiger partial charge in [0, 0.05) is 25.5 Å². The highest BCUT2D eigenvalue weighted by molar-refractivity contribution is 6.03. The Labute approximate surface area is 159 Å². The fraction of sp³-hybridized carbons (Fsp3) is 0.300. The van der Waals surface area contributed by atoms with Crippen LogP contribution in [0.4, 0.5) is 11.4 Å². The summed E-state index contributed by atoms with van der Waals surface area (Å²) < 4.78 is 10.6. The van der Waals surface area contributed by atoms with Crippen LogP contribution in [0.3, 0.4) is 0 Å². The van der Waals surface area contributed by atoms with E-state index in [1.807, 2.05) is 31.1 Å². The van der Waals surface area contributed by atoms with E-state index in [0.717, 1.165) is 11.4 Å². The molecule has 7 heteroatoms. The van der Waals surface area contributed by atoms with Crippen LogP contribution in [-0.2, 0) is 9.59 Å². The zero-order valence-corrected chi connectivity index (χ0v) is 15.8. The number of hydrogen-bond donors (Lipinski definition) is 2. The molecule has 0 atom stereocenters.